The van der Waals surface area contributed by atoms with E-state index in [1.807, 2.05) is 0 Å². The molecule has 0 aliphatic heterocycles. The van der Waals surface area contributed by atoms with Gasteiger partial charge in [-0.2, -0.15) is 0 Å². The van der Waals surface area contributed by atoms with Crippen LogP contribution in [0.1, 0.15) is 29.0 Å². The Morgan fingerprint density at radius 3 is 2.57 bits per heavy atom. The highest BCUT2D eigenvalue weighted by molar-refractivity contribution is 5.92. The average molecular weight is 300 g/mol. The summed E-state index contributed by atoms with van der Waals surface area (Å²) in [5.74, 6) is -0.856. The number of rotatable bonds is 9. The van der Waals surface area contributed by atoms with Gasteiger partial charge in [-0.1, -0.05) is 0 Å². The summed E-state index contributed by atoms with van der Waals surface area (Å²) >= 11 is 0. The molecule has 0 aliphatic carbocycles. The molecule has 1 aromatic rings. The molecule has 0 amide bonds. The molecule has 118 valence electrons. The third-order valence-electron chi connectivity index (χ3n) is 2.40. The van der Waals surface area contributed by atoms with Crippen molar-refractivity contribution in [2.24, 2.45) is 0 Å². The van der Waals surface area contributed by atoms with E-state index in [0.29, 0.717) is 19.8 Å². The number of aromatic nitrogens is 2. The highest BCUT2D eigenvalue weighted by Crippen LogP contribution is 2.17. The van der Waals surface area contributed by atoms with Crippen LogP contribution in [0.25, 0.3) is 0 Å². The summed E-state index contributed by atoms with van der Waals surface area (Å²) in [5.41, 5.74) is 0.115. The lowest BCUT2D eigenvalue weighted by Gasteiger charge is -2.06. The minimum atomic E-state index is -0.583. The molecular weight excluding hydrogens is 280 g/mol. The van der Waals surface area contributed by atoms with Gasteiger partial charge in [-0.15, -0.1) is 5.10 Å². The van der Waals surface area contributed by atoms with Crippen LogP contribution in [0, 0.1) is 0 Å². The van der Waals surface area contributed by atoms with Crippen molar-refractivity contribution < 1.29 is 28.5 Å². The minimum absolute atomic E-state index is 0.0546. The fourth-order valence-electron chi connectivity index (χ4n) is 1.42. The summed E-state index contributed by atoms with van der Waals surface area (Å²) < 4.78 is 21.4. The molecule has 21 heavy (non-hydrogen) atoms. The van der Waals surface area contributed by atoms with Crippen LogP contribution >= 0.6 is 0 Å². The average Bonchev–Trinajstić information content (AvgIpc) is 2.87. The maximum Gasteiger partial charge on any atom is 0.345 e. The van der Waals surface area contributed by atoms with Crippen molar-refractivity contribution in [3.05, 3.63) is 11.8 Å². The van der Waals surface area contributed by atoms with Gasteiger partial charge >= 0.3 is 5.97 Å². The number of ether oxygens (including phenoxy) is 4. The Labute approximate surface area is 122 Å². The van der Waals surface area contributed by atoms with Crippen LogP contribution in [0.15, 0.2) is 6.20 Å². The molecule has 1 heterocycles. The first-order valence-electron chi connectivity index (χ1n) is 6.57. The fourth-order valence-corrected chi connectivity index (χ4v) is 1.42. The Kier molecular flexibility index (Phi) is 7.41. The predicted octanol–water partition coefficient (Wildman–Crippen LogP) is 0.762. The number of methoxy groups -OCH3 is 1. The number of hydrogen-bond donors (Lipinski definition) is 0. The second-order valence-electron chi connectivity index (χ2n) is 3.99. The molecule has 0 aromatic carbocycles. The Morgan fingerprint density at radius 1 is 1.24 bits per heavy atom. The van der Waals surface area contributed by atoms with Crippen LogP contribution < -0.4 is 4.74 Å². The third kappa shape index (κ3) is 5.52. The second kappa shape index (κ2) is 9.09. The lowest BCUT2D eigenvalue weighted by atomic mass is 10.3. The van der Waals surface area contributed by atoms with E-state index in [0.717, 1.165) is 4.68 Å². The van der Waals surface area contributed by atoms with Gasteiger partial charge in [-0.25, -0.2) is 9.48 Å². The molecule has 0 bridgehead atoms. The zero-order valence-corrected chi connectivity index (χ0v) is 12.5. The summed E-state index contributed by atoms with van der Waals surface area (Å²) in [7, 11) is 1.58. The van der Waals surface area contributed by atoms with Crippen LogP contribution in [0.2, 0.25) is 0 Å². The van der Waals surface area contributed by atoms with Gasteiger partial charge < -0.3 is 18.9 Å². The zero-order chi connectivity index (χ0) is 15.7. The number of carbonyl (C=O) groups is 2. The summed E-state index contributed by atoms with van der Waals surface area (Å²) in [5, 5.41) is 3.91. The maximum atomic E-state index is 11.8. The highest BCUT2D eigenvalue weighted by atomic mass is 16.6. The standard InChI is InChI=1S/C13H20N2O6/c1-4-20-13(17)11-9-15(10(2)16)14-12(11)21-8-7-19-6-5-18-3/h9H,4-8H2,1-3H3. The normalized spacial score (nSPS) is 10.4. The largest absolute Gasteiger partial charge is 0.474 e. The van der Waals surface area contributed by atoms with Crippen molar-refractivity contribution in [2.75, 3.05) is 40.1 Å². The SMILES string of the molecule is CCOC(=O)c1cn(C(C)=O)nc1OCCOCCOC. The van der Waals surface area contributed by atoms with Gasteiger partial charge in [0, 0.05) is 14.0 Å². The molecular formula is C13H20N2O6. The summed E-state index contributed by atoms with van der Waals surface area (Å²) in [6.07, 6.45) is 1.29. The van der Waals surface area contributed by atoms with Crippen LogP contribution in [0.5, 0.6) is 5.88 Å². The van der Waals surface area contributed by atoms with E-state index in [9.17, 15) is 9.59 Å². The summed E-state index contributed by atoms with van der Waals surface area (Å²) in [6.45, 7) is 4.71. The first-order chi connectivity index (χ1) is 10.1. The van der Waals surface area contributed by atoms with E-state index in [1.165, 1.54) is 13.1 Å². The predicted molar refractivity (Wildman–Crippen MR) is 72.7 cm³/mol. The smallest absolute Gasteiger partial charge is 0.345 e. The van der Waals surface area contributed by atoms with E-state index < -0.39 is 5.97 Å². The van der Waals surface area contributed by atoms with Crippen LogP contribution in [-0.4, -0.2) is 61.8 Å². The number of nitrogens with zero attached hydrogens (tertiary/aromatic N) is 2. The van der Waals surface area contributed by atoms with Crippen molar-refractivity contribution in [3.63, 3.8) is 0 Å². The lowest BCUT2D eigenvalue weighted by molar-refractivity contribution is 0.0488. The Bertz CT molecular complexity index is 471. The van der Waals surface area contributed by atoms with Gasteiger partial charge in [0.25, 0.3) is 0 Å². The van der Waals surface area contributed by atoms with E-state index in [1.54, 1.807) is 14.0 Å². The third-order valence-corrected chi connectivity index (χ3v) is 2.40. The Morgan fingerprint density at radius 2 is 1.95 bits per heavy atom. The molecule has 0 radical (unpaired) electrons. The van der Waals surface area contributed by atoms with E-state index in [2.05, 4.69) is 5.10 Å². The monoisotopic (exact) mass is 300 g/mol. The van der Waals surface area contributed by atoms with Gasteiger partial charge in [0.15, 0.2) is 0 Å². The molecule has 8 nitrogen and oxygen atoms in total. The molecule has 1 rings (SSSR count). The molecule has 0 unspecified atom stereocenters. The van der Waals surface area contributed by atoms with Gasteiger partial charge in [0.2, 0.25) is 11.8 Å². The second-order valence-corrected chi connectivity index (χ2v) is 3.99. The number of esters is 1. The van der Waals surface area contributed by atoms with E-state index >= 15 is 0 Å². The van der Waals surface area contributed by atoms with Crippen molar-refractivity contribution in [3.8, 4) is 5.88 Å². The molecule has 0 spiro atoms. The van der Waals surface area contributed by atoms with Crippen molar-refractivity contribution in [1.82, 2.24) is 9.78 Å². The van der Waals surface area contributed by atoms with Crippen LogP contribution in [0.4, 0.5) is 0 Å². The molecule has 0 fully saturated rings. The molecule has 0 saturated heterocycles. The first kappa shape index (κ1) is 17.1. The van der Waals surface area contributed by atoms with Gasteiger partial charge in [-0.05, 0) is 6.92 Å². The topological polar surface area (TPSA) is 88.9 Å². The van der Waals surface area contributed by atoms with Crippen molar-refractivity contribution in [2.45, 2.75) is 13.8 Å². The summed E-state index contributed by atoms with van der Waals surface area (Å²) in [4.78, 5) is 23.1. The van der Waals surface area contributed by atoms with E-state index in [4.69, 9.17) is 18.9 Å². The molecule has 0 saturated carbocycles. The molecule has 1 aromatic heterocycles. The van der Waals surface area contributed by atoms with Gasteiger partial charge in [0.05, 0.1) is 32.6 Å². The number of carbonyl (C=O) groups excluding carboxylic acids is 2. The van der Waals surface area contributed by atoms with Crippen LogP contribution in [-0.2, 0) is 14.2 Å². The first-order valence-corrected chi connectivity index (χ1v) is 6.57. The fraction of sp³-hybridized carbons (Fsp3) is 0.615. The molecule has 0 atom stereocenters. The molecule has 0 aliphatic rings. The van der Waals surface area contributed by atoms with Crippen molar-refractivity contribution >= 4 is 11.9 Å². The van der Waals surface area contributed by atoms with Gasteiger partial charge in [-0.3, -0.25) is 4.79 Å². The molecule has 0 N–H and O–H groups in total. The van der Waals surface area contributed by atoms with Gasteiger partial charge in [0.1, 0.15) is 12.2 Å². The minimum Gasteiger partial charge on any atom is -0.474 e. The van der Waals surface area contributed by atoms with E-state index in [-0.39, 0.29) is 30.6 Å². The summed E-state index contributed by atoms with van der Waals surface area (Å²) in [6, 6.07) is 0. The quantitative estimate of drug-likeness (QED) is 0.491. The lowest BCUT2D eigenvalue weighted by Crippen LogP contribution is -2.12. The highest BCUT2D eigenvalue weighted by Gasteiger charge is 2.20. The maximum absolute atomic E-state index is 11.8. The van der Waals surface area contributed by atoms with Crippen molar-refractivity contribution in [1.29, 1.82) is 0 Å². The Hall–Kier alpha value is -1.93. The number of hydrogen-bond acceptors (Lipinski definition) is 7. The Balaban J connectivity index is 2.61. The molecule has 8 heteroatoms. The zero-order valence-electron chi connectivity index (χ0n) is 12.5. The van der Waals surface area contributed by atoms with Crippen LogP contribution in [0.3, 0.4) is 0 Å².